The lowest BCUT2D eigenvalue weighted by molar-refractivity contribution is -0.114. The number of amides is 2. The van der Waals surface area contributed by atoms with Gasteiger partial charge in [-0.1, -0.05) is 22.0 Å². The summed E-state index contributed by atoms with van der Waals surface area (Å²) >= 11 is 3.29. The van der Waals surface area contributed by atoms with Crippen molar-refractivity contribution in [2.75, 3.05) is 5.32 Å². The molecule has 0 heterocycles. The van der Waals surface area contributed by atoms with Crippen LogP contribution in [0.1, 0.15) is 22.8 Å². The van der Waals surface area contributed by atoms with E-state index in [-0.39, 0.29) is 11.7 Å². The number of phenols is 1. The van der Waals surface area contributed by atoms with Gasteiger partial charge in [0.25, 0.3) is 5.91 Å². The molecular formula is C16H14BrN3O3. The topological polar surface area (TPSA) is 90.8 Å². The van der Waals surface area contributed by atoms with E-state index in [9.17, 15) is 14.7 Å². The van der Waals surface area contributed by atoms with E-state index in [0.717, 1.165) is 4.47 Å². The molecule has 0 unspecified atom stereocenters. The minimum Gasteiger partial charge on any atom is -0.507 e. The van der Waals surface area contributed by atoms with Gasteiger partial charge in [-0.2, -0.15) is 5.10 Å². The smallest absolute Gasteiger partial charge is 0.271 e. The number of hydrogen-bond acceptors (Lipinski definition) is 4. The minimum atomic E-state index is -0.428. The van der Waals surface area contributed by atoms with E-state index in [1.165, 1.54) is 19.2 Å². The summed E-state index contributed by atoms with van der Waals surface area (Å²) in [6.07, 6.45) is 1.34. The number of hydrogen-bond donors (Lipinski definition) is 3. The third-order valence-corrected chi connectivity index (χ3v) is 3.30. The number of hydrazone groups is 1. The molecule has 0 spiro atoms. The number of halogens is 1. The zero-order valence-corrected chi connectivity index (χ0v) is 13.8. The first kappa shape index (κ1) is 16.7. The third-order valence-electron chi connectivity index (χ3n) is 2.80. The fraction of sp³-hybridized carbons (Fsp3) is 0.0625. The summed E-state index contributed by atoms with van der Waals surface area (Å²) in [7, 11) is 0. The van der Waals surface area contributed by atoms with E-state index < -0.39 is 5.91 Å². The Bertz CT molecular complexity index is 775. The van der Waals surface area contributed by atoms with E-state index in [1.54, 1.807) is 36.4 Å². The van der Waals surface area contributed by atoms with Crippen molar-refractivity contribution in [3.63, 3.8) is 0 Å². The zero-order valence-electron chi connectivity index (χ0n) is 12.2. The van der Waals surface area contributed by atoms with Crippen molar-refractivity contribution in [2.24, 2.45) is 5.10 Å². The summed E-state index contributed by atoms with van der Waals surface area (Å²) in [4.78, 5) is 23.0. The zero-order chi connectivity index (χ0) is 16.8. The maximum atomic E-state index is 12.0. The van der Waals surface area contributed by atoms with Crippen molar-refractivity contribution >= 4 is 39.6 Å². The number of carbonyl (C=O) groups is 2. The maximum Gasteiger partial charge on any atom is 0.271 e. The number of nitrogens with zero attached hydrogens (tertiary/aromatic N) is 1. The molecule has 23 heavy (non-hydrogen) atoms. The second-order valence-corrected chi connectivity index (χ2v) is 5.58. The summed E-state index contributed by atoms with van der Waals surface area (Å²) in [5.41, 5.74) is 3.71. The Morgan fingerprint density at radius 1 is 1.22 bits per heavy atom. The van der Waals surface area contributed by atoms with Crippen LogP contribution in [0.15, 0.2) is 52.0 Å². The van der Waals surface area contributed by atoms with Crippen molar-refractivity contribution in [1.29, 1.82) is 0 Å². The van der Waals surface area contributed by atoms with Crippen LogP contribution in [0.5, 0.6) is 5.75 Å². The highest BCUT2D eigenvalue weighted by molar-refractivity contribution is 9.10. The lowest BCUT2D eigenvalue weighted by atomic mass is 10.2. The van der Waals surface area contributed by atoms with Crippen molar-refractivity contribution in [2.45, 2.75) is 6.92 Å². The fourth-order valence-electron chi connectivity index (χ4n) is 1.80. The van der Waals surface area contributed by atoms with E-state index >= 15 is 0 Å². The van der Waals surface area contributed by atoms with Crippen LogP contribution in [0, 0.1) is 0 Å². The predicted octanol–water partition coefficient (Wildman–Crippen LogP) is 2.88. The molecule has 2 aromatic carbocycles. The van der Waals surface area contributed by atoms with Gasteiger partial charge < -0.3 is 10.4 Å². The van der Waals surface area contributed by atoms with Crippen LogP contribution in [0.25, 0.3) is 0 Å². The fourth-order valence-corrected chi connectivity index (χ4v) is 2.17. The van der Waals surface area contributed by atoms with E-state index in [4.69, 9.17) is 0 Å². The molecule has 0 atom stereocenters. The first-order chi connectivity index (χ1) is 11.0. The number of aromatic hydroxyl groups is 1. The molecule has 2 rings (SSSR count). The van der Waals surface area contributed by atoms with E-state index in [0.29, 0.717) is 16.8 Å². The number of nitrogens with one attached hydrogen (secondary N) is 2. The van der Waals surface area contributed by atoms with Gasteiger partial charge in [-0.15, -0.1) is 0 Å². The average molecular weight is 376 g/mol. The largest absolute Gasteiger partial charge is 0.507 e. The standard InChI is InChI=1S/C16H14BrN3O3/c1-10(21)19-14-4-2-3-11(8-14)16(23)20-18-9-12-7-13(17)5-6-15(12)22/h2-9,22H,1H3,(H,19,21)(H,20,23)/b18-9+. The number of carbonyl (C=O) groups excluding carboxylic acids is 2. The lowest BCUT2D eigenvalue weighted by Crippen LogP contribution is -2.18. The Morgan fingerprint density at radius 2 is 2.00 bits per heavy atom. The molecule has 0 aliphatic heterocycles. The number of benzene rings is 2. The Hall–Kier alpha value is -2.67. The lowest BCUT2D eigenvalue weighted by Gasteiger charge is -2.04. The van der Waals surface area contributed by atoms with Crippen LogP contribution in [0.3, 0.4) is 0 Å². The molecule has 0 aliphatic rings. The van der Waals surface area contributed by atoms with Gasteiger partial charge in [-0.05, 0) is 36.4 Å². The molecule has 7 heteroatoms. The second kappa shape index (κ2) is 7.55. The Kier molecular flexibility index (Phi) is 5.48. The Balaban J connectivity index is 2.06. The van der Waals surface area contributed by atoms with Gasteiger partial charge in [0.1, 0.15) is 5.75 Å². The summed E-state index contributed by atoms with van der Waals surface area (Å²) < 4.78 is 0.783. The summed E-state index contributed by atoms with van der Waals surface area (Å²) in [6.45, 7) is 1.39. The Morgan fingerprint density at radius 3 is 2.74 bits per heavy atom. The van der Waals surface area contributed by atoms with Crippen molar-refractivity contribution < 1.29 is 14.7 Å². The number of phenolic OH excluding ortho intramolecular Hbond substituents is 1. The summed E-state index contributed by atoms with van der Waals surface area (Å²) in [6, 6.07) is 11.4. The first-order valence-electron chi connectivity index (χ1n) is 6.65. The molecule has 0 radical (unpaired) electrons. The van der Waals surface area contributed by atoms with Crippen LogP contribution in [-0.2, 0) is 4.79 Å². The molecular weight excluding hydrogens is 362 g/mol. The molecule has 0 saturated heterocycles. The van der Waals surface area contributed by atoms with Crippen molar-refractivity contribution in [3.05, 3.63) is 58.1 Å². The van der Waals surface area contributed by atoms with Crippen LogP contribution in [0.2, 0.25) is 0 Å². The van der Waals surface area contributed by atoms with Gasteiger partial charge in [-0.25, -0.2) is 5.43 Å². The molecule has 3 N–H and O–H groups in total. The SMILES string of the molecule is CC(=O)Nc1cccc(C(=O)N/N=C/c2cc(Br)ccc2O)c1. The molecule has 2 aromatic rings. The van der Waals surface area contributed by atoms with Crippen LogP contribution < -0.4 is 10.7 Å². The maximum absolute atomic E-state index is 12.0. The summed E-state index contributed by atoms with van der Waals surface area (Å²) in [5, 5.41) is 16.1. The normalized spacial score (nSPS) is 10.5. The van der Waals surface area contributed by atoms with Crippen LogP contribution >= 0.6 is 15.9 Å². The highest BCUT2D eigenvalue weighted by Gasteiger charge is 2.06. The first-order valence-corrected chi connectivity index (χ1v) is 7.44. The molecule has 0 fully saturated rings. The van der Waals surface area contributed by atoms with E-state index in [1.807, 2.05) is 0 Å². The molecule has 6 nitrogen and oxygen atoms in total. The van der Waals surface area contributed by atoms with Gasteiger partial charge in [0.05, 0.1) is 6.21 Å². The number of anilines is 1. The van der Waals surface area contributed by atoms with Crippen LogP contribution in [0.4, 0.5) is 5.69 Å². The molecule has 0 saturated carbocycles. The van der Waals surface area contributed by atoms with Crippen molar-refractivity contribution in [1.82, 2.24) is 5.43 Å². The van der Waals surface area contributed by atoms with E-state index in [2.05, 4.69) is 31.8 Å². The monoisotopic (exact) mass is 375 g/mol. The highest BCUT2D eigenvalue weighted by Crippen LogP contribution is 2.20. The molecule has 0 aromatic heterocycles. The molecule has 118 valence electrons. The summed E-state index contributed by atoms with van der Waals surface area (Å²) in [5.74, 6) is -0.590. The second-order valence-electron chi connectivity index (χ2n) is 4.66. The van der Waals surface area contributed by atoms with Crippen LogP contribution in [-0.4, -0.2) is 23.1 Å². The van der Waals surface area contributed by atoms with Gasteiger partial charge in [-0.3, -0.25) is 9.59 Å². The van der Waals surface area contributed by atoms with Gasteiger partial charge >= 0.3 is 0 Å². The average Bonchev–Trinajstić information content (AvgIpc) is 2.50. The minimum absolute atomic E-state index is 0.0545. The predicted molar refractivity (Wildman–Crippen MR) is 91.6 cm³/mol. The molecule has 2 amide bonds. The van der Waals surface area contributed by atoms with Gasteiger partial charge in [0.15, 0.2) is 0 Å². The quantitative estimate of drug-likeness (QED) is 0.566. The van der Waals surface area contributed by atoms with Crippen molar-refractivity contribution in [3.8, 4) is 5.75 Å². The van der Waals surface area contributed by atoms with Gasteiger partial charge in [0.2, 0.25) is 5.91 Å². The van der Waals surface area contributed by atoms with Gasteiger partial charge in [0, 0.05) is 28.2 Å². The Labute approximate surface area is 141 Å². The number of rotatable bonds is 4. The molecule has 0 aliphatic carbocycles. The highest BCUT2D eigenvalue weighted by atomic mass is 79.9. The third kappa shape index (κ3) is 4.93. The molecule has 0 bridgehead atoms.